The molecule has 7 heteroatoms. The van der Waals surface area contributed by atoms with Crippen molar-refractivity contribution in [2.75, 3.05) is 13.1 Å². The first kappa shape index (κ1) is 13.7. The van der Waals surface area contributed by atoms with E-state index in [0.29, 0.717) is 12.3 Å². The Balaban J connectivity index is 1.55. The number of carbonyl (C=O) groups excluding carboxylic acids is 3. The van der Waals surface area contributed by atoms with E-state index in [1.54, 1.807) is 12.2 Å². The molecule has 4 amide bonds. The van der Waals surface area contributed by atoms with Gasteiger partial charge < -0.3 is 5.32 Å². The van der Waals surface area contributed by atoms with Crippen molar-refractivity contribution in [2.24, 2.45) is 21.8 Å². The molecule has 0 radical (unpaired) electrons. The summed E-state index contributed by atoms with van der Waals surface area (Å²) in [6.07, 6.45) is 7.59. The van der Waals surface area contributed by atoms with E-state index in [1.807, 2.05) is 0 Å². The summed E-state index contributed by atoms with van der Waals surface area (Å²) in [4.78, 5) is 44.4. The highest BCUT2D eigenvalue weighted by Gasteiger charge is 2.36. The Kier molecular flexibility index (Phi) is 3.64. The van der Waals surface area contributed by atoms with Gasteiger partial charge in [-0.15, -0.1) is 0 Å². The first-order valence-corrected chi connectivity index (χ1v) is 7.06. The summed E-state index contributed by atoms with van der Waals surface area (Å²) in [6.45, 7) is 0.395. The molecule has 2 heterocycles. The van der Waals surface area contributed by atoms with Gasteiger partial charge in [0.25, 0.3) is 0 Å². The van der Waals surface area contributed by atoms with Gasteiger partial charge in [0.05, 0.1) is 0 Å². The number of dihydropyridines is 1. The zero-order valence-corrected chi connectivity index (χ0v) is 11.5. The smallest absolute Gasteiger partial charge is 0.352 e. The third kappa shape index (κ3) is 3.07. The van der Waals surface area contributed by atoms with Gasteiger partial charge in [0.1, 0.15) is 11.8 Å². The van der Waals surface area contributed by atoms with Crippen LogP contribution in [0.15, 0.2) is 22.1 Å². The predicted molar refractivity (Wildman–Crippen MR) is 76.0 cm³/mol. The van der Waals surface area contributed by atoms with E-state index in [1.165, 1.54) is 6.21 Å². The molecule has 1 fully saturated rings. The number of amidine groups is 1. The maximum atomic E-state index is 12.2. The number of aliphatic imine (C=N–C) groups is 2. The second-order valence-electron chi connectivity index (χ2n) is 5.38. The summed E-state index contributed by atoms with van der Waals surface area (Å²) >= 11 is 0. The number of fused-ring (bicyclic) bond motifs is 1. The van der Waals surface area contributed by atoms with Crippen LogP contribution in [0, 0.1) is 11.8 Å². The molecule has 110 valence electrons. The number of urea groups is 1. The molecule has 1 atom stereocenters. The van der Waals surface area contributed by atoms with E-state index in [9.17, 15) is 14.4 Å². The van der Waals surface area contributed by atoms with Gasteiger partial charge in [0.2, 0.25) is 11.8 Å². The average Bonchev–Trinajstić information content (AvgIpc) is 3.26. The molecule has 0 aromatic carbocycles. The molecule has 1 aliphatic carbocycles. The fourth-order valence-corrected chi connectivity index (χ4v) is 2.33. The van der Waals surface area contributed by atoms with E-state index < -0.39 is 11.9 Å². The molecule has 3 rings (SSSR count). The zero-order valence-electron chi connectivity index (χ0n) is 11.5. The number of amides is 4. The van der Waals surface area contributed by atoms with Crippen molar-refractivity contribution in [3.05, 3.63) is 12.2 Å². The summed E-state index contributed by atoms with van der Waals surface area (Å²) in [5, 5.41) is 2.73. The van der Waals surface area contributed by atoms with E-state index in [0.717, 1.165) is 17.7 Å². The van der Waals surface area contributed by atoms with Crippen LogP contribution >= 0.6 is 0 Å². The van der Waals surface area contributed by atoms with Crippen LogP contribution in [0.4, 0.5) is 4.79 Å². The minimum absolute atomic E-state index is 0.0271. The normalized spacial score (nSPS) is 23.9. The lowest BCUT2D eigenvalue weighted by molar-refractivity contribution is -0.130. The molecule has 0 aromatic rings. The molecule has 0 bridgehead atoms. The molecule has 0 spiro atoms. The maximum absolute atomic E-state index is 12.2. The van der Waals surface area contributed by atoms with Crippen LogP contribution in [0.1, 0.15) is 19.3 Å². The molecule has 3 aliphatic rings. The van der Waals surface area contributed by atoms with Crippen LogP contribution in [-0.4, -0.2) is 47.9 Å². The summed E-state index contributed by atoms with van der Waals surface area (Å²) in [5.41, 5.74) is 0. The van der Waals surface area contributed by atoms with Crippen molar-refractivity contribution in [3.8, 4) is 0 Å². The fourth-order valence-electron chi connectivity index (χ4n) is 2.33. The van der Waals surface area contributed by atoms with Crippen molar-refractivity contribution in [2.45, 2.75) is 19.3 Å². The molecule has 7 nitrogen and oxygen atoms in total. The standard InChI is InChI=1S/C14H16N4O3/c19-11(8-9-3-4-9)15-6-7-18-13(20)10-2-1-5-16-12(10)17-14(18)21/h1-2,5,9-10H,3-4,6-8H2,(H,15,19). The van der Waals surface area contributed by atoms with Crippen LogP contribution in [0.2, 0.25) is 0 Å². The van der Waals surface area contributed by atoms with E-state index in [2.05, 4.69) is 15.3 Å². The van der Waals surface area contributed by atoms with Gasteiger partial charge >= 0.3 is 6.03 Å². The van der Waals surface area contributed by atoms with Gasteiger partial charge in [-0.2, -0.15) is 4.99 Å². The molecular formula is C14H16N4O3. The quantitative estimate of drug-likeness (QED) is 0.799. The van der Waals surface area contributed by atoms with Gasteiger partial charge in [-0.1, -0.05) is 6.08 Å². The van der Waals surface area contributed by atoms with Gasteiger partial charge in [0.15, 0.2) is 0 Å². The van der Waals surface area contributed by atoms with Crippen molar-refractivity contribution < 1.29 is 14.4 Å². The third-order valence-corrected chi connectivity index (χ3v) is 3.68. The monoisotopic (exact) mass is 288 g/mol. The fraction of sp³-hybridized carbons (Fsp3) is 0.500. The Morgan fingerprint density at radius 1 is 1.38 bits per heavy atom. The van der Waals surface area contributed by atoms with Crippen molar-refractivity contribution >= 4 is 29.9 Å². The number of rotatable bonds is 5. The summed E-state index contributed by atoms with van der Waals surface area (Å²) in [7, 11) is 0. The minimum atomic E-state index is -0.616. The lowest BCUT2D eigenvalue weighted by atomic mass is 10.0. The summed E-state index contributed by atoms with van der Waals surface area (Å²) in [6, 6.07) is -0.616. The van der Waals surface area contributed by atoms with Crippen LogP contribution < -0.4 is 5.32 Å². The lowest BCUT2D eigenvalue weighted by Gasteiger charge is -2.27. The Hall–Kier alpha value is -2.31. The topological polar surface area (TPSA) is 91.2 Å². The van der Waals surface area contributed by atoms with Crippen LogP contribution in [0.3, 0.4) is 0 Å². The molecule has 1 saturated carbocycles. The van der Waals surface area contributed by atoms with Crippen molar-refractivity contribution in [1.82, 2.24) is 10.2 Å². The SMILES string of the molecule is O=C(CC1CC1)NCCN1C(=O)N=C2N=CC=CC2C1=O. The van der Waals surface area contributed by atoms with Crippen LogP contribution in [-0.2, 0) is 9.59 Å². The Labute approximate surface area is 121 Å². The second kappa shape index (κ2) is 5.59. The molecular weight excluding hydrogens is 272 g/mol. The van der Waals surface area contributed by atoms with Gasteiger partial charge in [-0.3, -0.25) is 14.5 Å². The summed E-state index contributed by atoms with van der Waals surface area (Å²) in [5.74, 6) is -0.202. The molecule has 2 aliphatic heterocycles. The summed E-state index contributed by atoms with van der Waals surface area (Å²) < 4.78 is 0. The Morgan fingerprint density at radius 2 is 2.19 bits per heavy atom. The highest BCUT2D eigenvalue weighted by molar-refractivity contribution is 6.19. The predicted octanol–water partition coefficient (Wildman–Crippen LogP) is 0.520. The molecule has 1 N–H and O–H groups in total. The second-order valence-corrected chi connectivity index (χ2v) is 5.38. The van der Waals surface area contributed by atoms with E-state index in [4.69, 9.17) is 0 Å². The average molecular weight is 288 g/mol. The van der Waals surface area contributed by atoms with Crippen LogP contribution in [0.25, 0.3) is 0 Å². The van der Waals surface area contributed by atoms with E-state index in [-0.39, 0.29) is 30.7 Å². The Morgan fingerprint density at radius 3 is 2.95 bits per heavy atom. The number of hydrogen-bond acceptors (Lipinski definition) is 4. The first-order chi connectivity index (χ1) is 10.1. The van der Waals surface area contributed by atoms with Gasteiger partial charge in [-0.25, -0.2) is 9.79 Å². The maximum Gasteiger partial charge on any atom is 0.352 e. The number of hydrogen-bond donors (Lipinski definition) is 1. The number of allylic oxidation sites excluding steroid dienone is 1. The first-order valence-electron chi connectivity index (χ1n) is 7.06. The van der Waals surface area contributed by atoms with Gasteiger partial charge in [0, 0.05) is 25.7 Å². The third-order valence-electron chi connectivity index (χ3n) is 3.68. The number of carbonyl (C=O) groups is 3. The highest BCUT2D eigenvalue weighted by atomic mass is 16.2. The van der Waals surface area contributed by atoms with Gasteiger partial charge in [-0.05, 0) is 24.8 Å². The van der Waals surface area contributed by atoms with Crippen molar-refractivity contribution in [1.29, 1.82) is 0 Å². The molecule has 21 heavy (non-hydrogen) atoms. The number of nitrogens with one attached hydrogen (secondary N) is 1. The highest BCUT2D eigenvalue weighted by Crippen LogP contribution is 2.32. The Bertz CT molecular complexity index is 575. The zero-order chi connectivity index (χ0) is 14.8. The number of nitrogens with zero attached hydrogens (tertiary/aromatic N) is 3. The minimum Gasteiger partial charge on any atom is -0.354 e. The lowest BCUT2D eigenvalue weighted by Crippen LogP contribution is -2.48. The molecule has 0 aromatic heterocycles. The van der Waals surface area contributed by atoms with Crippen LogP contribution in [0.5, 0.6) is 0 Å². The van der Waals surface area contributed by atoms with E-state index >= 15 is 0 Å². The largest absolute Gasteiger partial charge is 0.354 e. The molecule has 1 unspecified atom stereocenters. The molecule has 0 saturated heterocycles. The van der Waals surface area contributed by atoms with Crippen molar-refractivity contribution in [3.63, 3.8) is 0 Å². The number of imide groups is 1.